The molecule has 0 atom stereocenters. The molecule has 0 aromatic heterocycles. The van der Waals surface area contributed by atoms with Gasteiger partial charge in [0.05, 0.1) is 11.7 Å². The first-order chi connectivity index (χ1) is 7.04. The van der Waals surface area contributed by atoms with E-state index in [1.807, 2.05) is 13.8 Å². The number of hydrogen-bond acceptors (Lipinski definition) is 2. The topological polar surface area (TPSA) is 38.3 Å². The molecule has 4 heteroatoms. The molecule has 0 saturated carbocycles. The molecule has 0 heterocycles. The van der Waals surface area contributed by atoms with Crippen molar-refractivity contribution in [2.45, 2.75) is 20.0 Å². The lowest BCUT2D eigenvalue weighted by atomic mass is 10.2. The number of halogens is 1. The van der Waals surface area contributed by atoms with Gasteiger partial charge in [-0.05, 0) is 26.0 Å². The highest BCUT2D eigenvalue weighted by atomic mass is 19.1. The van der Waals surface area contributed by atoms with Gasteiger partial charge in [-0.25, -0.2) is 4.39 Å². The third-order valence-corrected chi connectivity index (χ3v) is 1.78. The normalized spacial score (nSPS) is 10.2. The molecule has 0 unspecified atom stereocenters. The van der Waals surface area contributed by atoms with Crippen molar-refractivity contribution in [2.24, 2.45) is 0 Å². The number of rotatable bonds is 3. The van der Waals surface area contributed by atoms with Crippen LogP contribution in [-0.2, 0) is 0 Å². The van der Waals surface area contributed by atoms with E-state index in [9.17, 15) is 9.18 Å². The summed E-state index contributed by atoms with van der Waals surface area (Å²) < 4.78 is 18.7. The Bertz CT molecular complexity index is 364. The molecule has 0 aliphatic carbocycles. The molecule has 0 aliphatic rings. The van der Waals surface area contributed by atoms with E-state index >= 15 is 0 Å². The van der Waals surface area contributed by atoms with Gasteiger partial charge in [0, 0.05) is 13.1 Å². The summed E-state index contributed by atoms with van der Waals surface area (Å²) in [5, 5.41) is 2.36. The lowest BCUT2D eigenvalue weighted by molar-refractivity contribution is 0.0959. The van der Waals surface area contributed by atoms with Crippen molar-refractivity contribution in [1.82, 2.24) is 5.32 Å². The van der Waals surface area contributed by atoms with Gasteiger partial charge in [-0.2, -0.15) is 0 Å². The second-order valence-corrected chi connectivity index (χ2v) is 3.39. The Morgan fingerprint density at radius 2 is 2.13 bits per heavy atom. The first-order valence-corrected chi connectivity index (χ1v) is 4.73. The molecule has 3 nitrogen and oxygen atoms in total. The van der Waals surface area contributed by atoms with Crippen LogP contribution in [0.5, 0.6) is 5.75 Å². The predicted octanol–water partition coefficient (Wildman–Crippen LogP) is 1.97. The van der Waals surface area contributed by atoms with Crippen LogP contribution < -0.4 is 10.1 Å². The summed E-state index contributed by atoms with van der Waals surface area (Å²) in [4.78, 5) is 11.2. The minimum absolute atomic E-state index is 0.0183. The van der Waals surface area contributed by atoms with Crippen molar-refractivity contribution in [3.63, 3.8) is 0 Å². The van der Waals surface area contributed by atoms with Gasteiger partial charge in [0.15, 0.2) is 0 Å². The van der Waals surface area contributed by atoms with Crippen LogP contribution in [0, 0.1) is 5.82 Å². The molecule has 1 amide bonds. The fourth-order valence-electron chi connectivity index (χ4n) is 1.16. The van der Waals surface area contributed by atoms with Gasteiger partial charge in [-0.1, -0.05) is 0 Å². The van der Waals surface area contributed by atoms with Crippen LogP contribution in [0.1, 0.15) is 24.2 Å². The highest BCUT2D eigenvalue weighted by molar-refractivity contribution is 5.94. The Hall–Kier alpha value is -1.58. The van der Waals surface area contributed by atoms with Crippen LogP contribution in [0.3, 0.4) is 0 Å². The highest BCUT2D eigenvalue weighted by Crippen LogP contribution is 2.17. The van der Waals surface area contributed by atoms with E-state index in [2.05, 4.69) is 5.32 Å². The number of hydrogen-bond donors (Lipinski definition) is 1. The molecule has 15 heavy (non-hydrogen) atoms. The van der Waals surface area contributed by atoms with Crippen molar-refractivity contribution in [2.75, 3.05) is 7.05 Å². The van der Waals surface area contributed by atoms with E-state index < -0.39 is 11.7 Å². The van der Waals surface area contributed by atoms with Gasteiger partial charge >= 0.3 is 0 Å². The van der Waals surface area contributed by atoms with E-state index in [0.717, 1.165) is 0 Å². The minimum Gasteiger partial charge on any atom is -0.491 e. The number of carbonyl (C=O) groups excluding carboxylic acids is 1. The average Bonchev–Trinajstić information content (AvgIpc) is 2.16. The zero-order chi connectivity index (χ0) is 11.4. The summed E-state index contributed by atoms with van der Waals surface area (Å²) in [6, 6.07) is 4.20. The first-order valence-electron chi connectivity index (χ1n) is 4.73. The number of ether oxygens (including phenoxy) is 1. The van der Waals surface area contributed by atoms with Crippen LogP contribution in [0.15, 0.2) is 18.2 Å². The first kappa shape index (κ1) is 11.5. The second kappa shape index (κ2) is 4.77. The largest absolute Gasteiger partial charge is 0.491 e. The molecule has 1 rings (SSSR count). The molecule has 0 fully saturated rings. The molecular formula is C11H14FNO2. The van der Waals surface area contributed by atoms with Gasteiger partial charge < -0.3 is 10.1 Å². The third kappa shape index (κ3) is 2.94. The van der Waals surface area contributed by atoms with Crippen molar-refractivity contribution < 1.29 is 13.9 Å². The monoisotopic (exact) mass is 211 g/mol. The molecule has 82 valence electrons. The average molecular weight is 211 g/mol. The van der Waals surface area contributed by atoms with Gasteiger partial charge in [-0.3, -0.25) is 4.79 Å². The second-order valence-electron chi connectivity index (χ2n) is 3.39. The third-order valence-electron chi connectivity index (χ3n) is 1.78. The van der Waals surface area contributed by atoms with E-state index in [-0.39, 0.29) is 11.7 Å². The SMILES string of the molecule is CNC(=O)c1ccc(OC(C)C)cc1F. The standard InChI is InChI=1S/C11H14FNO2/c1-7(2)15-8-4-5-9(10(12)6-8)11(14)13-3/h4-7H,1-3H3,(H,13,14). The summed E-state index contributed by atoms with van der Waals surface area (Å²) in [5.41, 5.74) is 0.0219. The Balaban J connectivity index is 2.93. The maximum atomic E-state index is 13.4. The summed E-state index contributed by atoms with van der Waals surface area (Å²) in [6.45, 7) is 3.70. The fraction of sp³-hybridized carbons (Fsp3) is 0.364. The highest BCUT2D eigenvalue weighted by Gasteiger charge is 2.11. The summed E-state index contributed by atoms with van der Waals surface area (Å²) >= 11 is 0. The van der Waals surface area contributed by atoms with Crippen LogP contribution in [0.4, 0.5) is 4.39 Å². The van der Waals surface area contributed by atoms with Gasteiger partial charge in [0.2, 0.25) is 0 Å². The molecule has 1 aromatic carbocycles. The quantitative estimate of drug-likeness (QED) is 0.830. The van der Waals surface area contributed by atoms with Gasteiger partial charge in [0.1, 0.15) is 11.6 Å². The van der Waals surface area contributed by atoms with Crippen LogP contribution in [-0.4, -0.2) is 19.1 Å². The van der Waals surface area contributed by atoms with E-state index in [1.54, 1.807) is 6.07 Å². The molecule has 0 saturated heterocycles. The molecule has 1 N–H and O–H groups in total. The van der Waals surface area contributed by atoms with Crippen LogP contribution in [0.2, 0.25) is 0 Å². The Labute approximate surface area is 88.2 Å². The van der Waals surface area contributed by atoms with Crippen LogP contribution >= 0.6 is 0 Å². The molecule has 0 aliphatic heterocycles. The van der Waals surface area contributed by atoms with Crippen LogP contribution in [0.25, 0.3) is 0 Å². The van der Waals surface area contributed by atoms with E-state index in [4.69, 9.17) is 4.74 Å². The number of amides is 1. The number of carbonyl (C=O) groups is 1. The molecule has 0 bridgehead atoms. The van der Waals surface area contributed by atoms with Crippen molar-refractivity contribution in [3.8, 4) is 5.75 Å². The number of nitrogens with one attached hydrogen (secondary N) is 1. The van der Waals surface area contributed by atoms with Crippen molar-refractivity contribution in [3.05, 3.63) is 29.6 Å². The van der Waals surface area contributed by atoms with E-state index in [0.29, 0.717) is 5.75 Å². The molecule has 1 aromatic rings. The molecule has 0 radical (unpaired) electrons. The van der Waals surface area contributed by atoms with Gasteiger partial charge in [0.25, 0.3) is 5.91 Å². The fourth-order valence-corrected chi connectivity index (χ4v) is 1.16. The van der Waals surface area contributed by atoms with Gasteiger partial charge in [-0.15, -0.1) is 0 Å². The lowest BCUT2D eigenvalue weighted by Gasteiger charge is -2.10. The minimum atomic E-state index is -0.576. The summed E-state index contributed by atoms with van der Waals surface area (Å²) in [5.74, 6) is -0.591. The molecule has 0 spiro atoms. The Kier molecular flexibility index (Phi) is 3.66. The lowest BCUT2D eigenvalue weighted by Crippen LogP contribution is -2.19. The smallest absolute Gasteiger partial charge is 0.254 e. The van der Waals surface area contributed by atoms with E-state index in [1.165, 1.54) is 19.2 Å². The Morgan fingerprint density at radius 3 is 2.60 bits per heavy atom. The number of benzene rings is 1. The maximum Gasteiger partial charge on any atom is 0.254 e. The summed E-state index contributed by atoms with van der Waals surface area (Å²) in [6.07, 6.45) is -0.0183. The zero-order valence-electron chi connectivity index (χ0n) is 9.00. The predicted molar refractivity (Wildman–Crippen MR) is 55.6 cm³/mol. The van der Waals surface area contributed by atoms with Crippen molar-refractivity contribution in [1.29, 1.82) is 0 Å². The maximum absolute atomic E-state index is 13.4. The zero-order valence-corrected chi connectivity index (χ0v) is 9.00. The molecular weight excluding hydrogens is 197 g/mol. The Morgan fingerprint density at radius 1 is 1.47 bits per heavy atom. The van der Waals surface area contributed by atoms with Crippen molar-refractivity contribution >= 4 is 5.91 Å². The summed E-state index contributed by atoms with van der Waals surface area (Å²) in [7, 11) is 1.46.